The zero-order valence-electron chi connectivity index (χ0n) is 19.1. The van der Waals surface area contributed by atoms with E-state index < -0.39 is 0 Å². The number of benzene rings is 1. The minimum Gasteiger partial charge on any atom is -0.305 e. The molecule has 2 aromatic rings. The molecular weight excluding hydrogens is 390 g/mol. The highest BCUT2D eigenvalue weighted by molar-refractivity contribution is 7.71. The topological polar surface area (TPSA) is 29.2 Å². The fourth-order valence-corrected chi connectivity index (χ4v) is 5.09. The van der Waals surface area contributed by atoms with Crippen LogP contribution in [0, 0.1) is 4.77 Å². The minimum atomic E-state index is 0.155. The SMILES string of the molecule is CN1CCCN(Cn2nc(-c3ccc(C(C)(C)C)cc3)n(C3CCCC3)c2=S)CC1. The van der Waals surface area contributed by atoms with Crippen LogP contribution in [0.25, 0.3) is 11.4 Å². The molecule has 5 nitrogen and oxygen atoms in total. The van der Waals surface area contributed by atoms with Crippen molar-refractivity contribution in [2.45, 2.75) is 71.0 Å². The van der Waals surface area contributed by atoms with Crippen LogP contribution in [0.5, 0.6) is 0 Å². The van der Waals surface area contributed by atoms with Crippen LogP contribution in [0.4, 0.5) is 0 Å². The zero-order chi connectivity index (χ0) is 21.3. The van der Waals surface area contributed by atoms with Crippen molar-refractivity contribution >= 4 is 12.2 Å². The number of nitrogens with zero attached hydrogens (tertiary/aromatic N) is 5. The van der Waals surface area contributed by atoms with Crippen molar-refractivity contribution in [3.8, 4) is 11.4 Å². The number of rotatable bonds is 4. The summed E-state index contributed by atoms with van der Waals surface area (Å²) in [4.78, 5) is 4.91. The Bertz CT molecular complexity index is 899. The predicted octanol–water partition coefficient (Wildman–Crippen LogP) is 5.09. The monoisotopic (exact) mass is 427 g/mol. The molecule has 2 aliphatic rings. The first-order chi connectivity index (χ1) is 14.3. The van der Waals surface area contributed by atoms with Crippen molar-refractivity contribution in [2.75, 3.05) is 33.2 Å². The Labute approximate surface area is 186 Å². The van der Waals surface area contributed by atoms with Crippen LogP contribution in [-0.4, -0.2) is 57.4 Å². The molecule has 1 saturated carbocycles. The van der Waals surface area contributed by atoms with Crippen LogP contribution in [-0.2, 0) is 12.1 Å². The van der Waals surface area contributed by atoms with E-state index in [4.69, 9.17) is 17.3 Å². The summed E-state index contributed by atoms with van der Waals surface area (Å²) < 4.78 is 5.32. The molecule has 30 heavy (non-hydrogen) atoms. The highest BCUT2D eigenvalue weighted by Gasteiger charge is 2.25. The lowest BCUT2D eigenvalue weighted by Crippen LogP contribution is -2.31. The molecule has 1 aromatic heterocycles. The number of hydrogen-bond acceptors (Lipinski definition) is 4. The second-order valence-electron chi connectivity index (χ2n) is 10.2. The van der Waals surface area contributed by atoms with Gasteiger partial charge >= 0.3 is 0 Å². The van der Waals surface area contributed by atoms with Crippen LogP contribution >= 0.6 is 12.2 Å². The molecular formula is C24H37N5S. The van der Waals surface area contributed by atoms with Crippen LogP contribution in [0.3, 0.4) is 0 Å². The summed E-state index contributed by atoms with van der Waals surface area (Å²) >= 11 is 5.99. The van der Waals surface area contributed by atoms with Crippen LogP contribution < -0.4 is 0 Å². The van der Waals surface area contributed by atoms with Crippen molar-refractivity contribution in [1.29, 1.82) is 0 Å². The van der Waals surface area contributed by atoms with Gasteiger partial charge in [0.15, 0.2) is 10.6 Å². The molecule has 6 heteroatoms. The third-order valence-corrected chi connectivity index (χ3v) is 7.12. The van der Waals surface area contributed by atoms with E-state index in [-0.39, 0.29) is 5.41 Å². The average Bonchev–Trinajstić information content (AvgIpc) is 3.28. The van der Waals surface area contributed by atoms with Gasteiger partial charge < -0.3 is 4.90 Å². The molecule has 164 valence electrons. The van der Waals surface area contributed by atoms with Crippen molar-refractivity contribution in [1.82, 2.24) is 24.1 Å². The highest BCUT2D eigenvalue weighted by atomic mass is 32.1. The number of hydrogen-bond donors (Lipinski definition) is 0. The van der Waals surface area contributed by atoms with Gasteiger partial charge in [-0.3, -0.25) is 9.47 Å². The quantitative estimate of drug-likeness (QED) is 0.636. The highest BCUT2D eigenvalue weighted by Crippen LogP contribution is 2.34. The molecule has 0 radical (unpaired) electrons. The maximum Gasteiger partial charge on any atom is 0.199 e. The van der Waals surface area contributed by atoms with Crippen LogP contribution in [0.2, 0.25) is 0 Å². The van der Waals surface area contributed by atoms with Gasteiger partial charge in [0.05, 0.1) is 6.67 Å². The summed E-state index contributed by atoms with van der Waals surface area (Å²) in [5.74, 6) is 1.04. The van der Waals surface area contributed by atoms with E-state index >= 15 is 0 Å². The van der Waals surface area contributed by atoms with Crippen molar-refractivity contribution < 1.29 is 0 Å². The first kappa shape index (κ1) is 21.7. The zero-order valence-corrected chi connectivity index (χ0v) is 19.9. The Morgan fingerprint density at radius 3 is 2.33 bits per heavy atom. The van der Waals surface area contributed by atoms with E-state index in [0.29, 0.717) is 6.04 Å². The largest absolute Gasteiger partial charge is 0.305 e. The Morgan fingerprint density at radius 1 is 0.967 bits per heavy atom. The van der Waals surface area contributed by atoms with Gasteiger partial charge in [-0.2, -0.15) is 5.10 Å². The maximum atomic E-state index is 5.99. The smallest absolute Gasteiger partial charge is 0.199 e. The first-order valence-corrected chi connectivity index (χ1v) is 11.9. The lowest BCUT2D eigenvalue weighted by molar-refractivity contribution is 0.211. The minimum absolute atomic E-state index is 0.155. The van der Waals surface area contributed by atoms with Crippen molar-refractivity contribution in [3.05, 3.63) is 34.6 Å². The van der Waals surface area contributed by atoms with E-state index in [1.807, 2.05) is 0 Å². The molecule has 2 fully saturated rings. The summed E-state index contributed by atoms with van der Waals surface area (Å²) in [7, 11) is 2.21. The van der Waals surface area contributed by atoms with Gasteiger partial charge in [0.1, 0.15) is 0 Å². The molecule has 1 saturated heterocycles. The molecule has 0 N–H and O–H groups in total. The summed E-state index contributed by atoms with van der Waals surface area (Å²) in [5, 5.41) is 5.08. The van der Waals surface area contributed by atoms with Gasteiger partial charge in [-0.25, -0.2) is 4.68 Å². The van der Waals surface area contributed by atoms with E-state index in [2.05, 4.69) is 71.1 Å². The predicted molar refractivity (Wildman–Crippen MR) is 126 cm³/mol. The van der Waals surface area contributed by atoms with Gasteiger partial charge in [-0.15, -0.1) is 0 Å². The Hall–Kier alpha value is -1.50. The molecule has 0 bridgehead atoms. The molecule has 1 aliphatic carbocycles. The standard InChI is InChI=1S/C24H37N5S/c1-24(2,3)20-12-10-19(11-13-20)22-25-28(18-27-15-7-14-26(4)16-17-27)23(30)29(22)21-8-5-6-9-21/h10-13,21H,5-9,14-18H2,1-4H3. The third kappa shape index (κ3) is 4.71. The number of aromatic nitrogens is 3. The van der Waals surface area contributed by atoms with Gasteiger partial charge in [-0.05, 0) is 56.1 Å². The summed E-state index contributed by atoms with van der Waals surface area (Å²) in [6.45, 7) is 12.0. The molecule has 0 atom stereocenters. The lowest BCUT2D eigenvalue weighted by atomic mass is 9.86. The van der Waals surface area contributed by atoms with Gasteiger partial charge in [0.2, 0.25) is 0 Å². The molecule has 0 spiro atoms. The van der Waals surface area contributed by atoms with E-state index in [1.165, 1.54) is 49.8 Å². The van der Waals surface area contributed by atoms with Gasteiger partial charge in [0, 0.05) is 31.2 Å². The van der Waals surface area contributed by atoms with Gasteiger partial charge in [0.25, 0.3) is 0 Å². The summed E-state index contributed by atoms with van der Waals surface area (Å²) in [6, 6.07) is 9.45. The summed E-state index contributed by atoms with van der Waals surface area (Å²) in [5.41, 5.74) is 2.68. The van der Waals surface area contributed by atoms with Gasteiger partial charge in [-0.1, -0.05) is 57.9 Å². The van der Waals surface area contributed by atoms with Crippen molar-refractivity contribution in [2.24, 2.45) is 0 Å². The lowest BCUT2D eigenvalue weighted by Gasteiger charge is -2.19. The second kappa shape index (κ2) is 8.93. The fraction of sp³-hybridized carbons (Fsp3) is 0.667. The fourth-order valence-electron chi connectivity index (χ4n) is 4.75. The van der Waals surface area contributed by atoms with E-state index in [9.17, 15) is 0 Å². The van der Waals surface area contributed by atoms with Crippen LogP contribution in [0.15, 0.2) is 24.3 Å². The molecule has 0 unspecified atom stereocenters. The molecule has 1 aromatic carbocycles. The first-order valence-electron chi connectivity index (χ1n) is 11.5. The maximum absolute atomic E-state index is 5.99. The van der Waals surface area contributed by atoms with E-state index in [0.717, 1.165) is 36.9 Å². The number of likely N-dealkylation sites (N-methyl/N-ethyl adjacent to an activating group) is 1. The second-order valence-corrected chi connectivity index (χ2v) is 10.5. The Morgan fingerprint density at radius 2 is 1.67 bits per heavy atom. The Balaban J connectivity index is 1.67. The molecule has 2 heterocycles. The van der Waals surface area contributed by atoms with E-state index in [1.54, 1.807) is 0 Å². The average molecular weight is 428 g/mol. The summed E-state index contributed by atoms with van der Waals surface area (Å²) in [6.07, 6.45) is 6.20. The molecule has 4 rings (SSSR count). The van der Waals surface area contributed by atoms with Crippen LogP contribution in [0.1, 0.15) is 64.5 Å². The molecule has 0 amide bonds. The Kier molecular flexibility index (Phi) is 6.47. The van der Waals surface area contributed by atoms with Crippen molar-refractivity contribution in [3.63, 3.8) is 0 Å². The third-order valence-electron chi connectivity index (χ3n) is 6.72. The molecule has 1 aliphatic heterocycles. The normalized spacial score (nSPS) is 20.0.